The summed E-state index contributed by atoms with van der Waals surface area (Å²) in [4.78, 5) is 1.13. The van der Waals surface area contributed by atoms with Gasteiger partial charge in [0, 0.05) is 11.4 Å². The molecule has 1 aromatic heterocycles. The van der Waals surface area contributed by atoms with Crippen molar-refractivity contribution in [3.05, 3.63) is 22.4 Å². The van der Waals surface area contributed by atoms with E-state index in [2.05, 4.69) is 5.32 Å². The molecular formula is C10H12F3NS. The fourth-order valence-electron chi connectivity index (χ4n) is 1.57. The van der Waals surface area contributed by atoms with Crippen LogP contribution < -0.4 is 5.32 Å². The zero-order chi connectivity index (χ0) is 10.9. The summed E-state index contributed by atoms with van der Waals surface area (Å²) in [5.41, 5.74) is -1.57. The molecule has 1 aliphatic carbocycles. The smallest absolute Gasteiger partial charge is 0.303 e. The Morgan fingerprint density at radius 3 is 2.60 bits per heavy atom. The lowest BCUT2D eigenvalue weighted by Gasteiger charge is -2.20. The quantitative estimate of drug-likeness (QED) is 0.846. The molecule has 1 aliphatic rings. The average Bonchev–Trinajstić information content (AvgIpc) is 2.75. The molecule has 84 valence electrons. The lowest BCUT2D eigenvalue weighted by Crippen LogP contribution is -2.45. The summed E-state index contributed by atoms with van der Waals surface area (Å²) in [5, 5.41) is 4.57. The first-order chi connectivity index (χ1) is 7.04. The van der Waals surface area contributed by atoms with E-state index in [0.717, 1.165) is 4.88 Å². The summed E-state index contributed by atoms with van der Waals surface area (Å²) in [6.07, 6.45) is -2.97. The highest BCUT2D eigenvalue weighted by Gasteiger charge is 2.62. The van der Waals surface area contributed by atoms with E-state index >= 15 is 0 Å². The third kappa shape index (κ3) is 2.34. The third-order valence-electron chi connectivity index (χ3n) is 2.71. The second kappa shape index (κ2) is 3.79. The van der Waals surface area contributed by atoms with Crippen molar-refractivity contribution in [1.82, 2.24) is 5.32 Å². The van der Waals surface area contributed by atoms with Crippen LogP contribution in [0, 0.1) is 0 Å². The Morgan fingerprint density at radius 1 is 1.40 bits per heavy atom. The fourth-order valence-corrected chi connectivity index (χ4v) is 2.27. The van der Waals surface area contributed by atoms with Crippen LogP contribution in [0.4, 0.5) is 13.2 Å². The van der Waals surface area contributed by atoms with Gasteiger partial charge in [0.05, 0.1) is 0 Å². The topological polar surface area (TPSA) is 12.0 Å². The van der Waals surface area contributed by atoms with Gasteiger partial charge in [0.15, 0.2) is 0 Å². The predicted molar refractivity (Wildman–Crippen MR) is 54.0 cm³/mol. The molecule has 5 heteroatoms. The molecule has 0 atom stereocenters. The van der Waals surface area contributed by atoms with E-state index in [0.29, 0.717) is 13.0 Å². The highest BCUT2D eigenvalue weighted by molar-refractivity contribution is 7.09. The molecule has 0 aliphatic heterocycles. The van der Waals surface area contributed by atoms with Crippen LogP contribution in [0.3, 0.4) is 0 Å². The van der Waals surface area contributed by atoms with E-state index in [1.165, 1.54) is 0 Å². The van der Waals surface area contributed by atoms with Gasteiger partial charge in [-0.2, -0.15) is 13.2 Å². The van der Waals surface area contributed by atoms with Gasteiger partial charge in [-0.15, -0.1) is 11.3 Å². The van der Waals surface area contributed by atoms with Crippen molar-refractivity contribution in [2.75, 3.05) is 6.54 Å². The Hall–Kier alpha value is -0.550. The van der Waals surface area contributed by atoms with Crippen molar-refractivity contribution in [1.29, 1.82) is 0 Å². The zero-order valence-electron chi connectivity index (χ0n) is 8.10. The molecule has 0 spiro atoms. The molecule has 0 radical (unpaired) electrons. The van der Waals surface area contributed by atoms with Gasteiger partial charge in [-0.25, -0.2) is 0 Å². The molecule has 0 aromatic carbocycles. The number of hydrogen-bond acceptors (Lipinski definition) is 2. The number of thiophene rings is 1. The first-order valence-electron chi connectivity index (χ1n) is 4.88. The highest BCUT2D eigenvalue weighted by Crippen LogP contribution is 2.48. The Balaban J connectivity index is 1.79. The molecule has 1 nitrogen and oxygen atoms in total. The highest BCUT2D eigenvalue weighted by atomic mass is 32.1. The van der Waals surface area contributed by atoms with E-state index in [1.54, 1.807) is 11.3 Å². The minimum Gasteiger partial charge on any atom is -0.303 e. The molecule has 2 rings (SSSR count). The monoisotopic (exact) mass is 235 g/mol. The van der Waals surface area contributed by atoms with Gasteiger partial charge in [-0.3, -0.25) is 0 Å². The maximum absolute atomic E-state index is 12.5. The predicted octanol–water partition coefficient (Wildman–Crippen LogP) is 2.98. The largest absolute Gasteiger partial charge is 0.406 e. The second-order valence-electron chi connectivity index (χ2n) is 3.84. The molecule has 0 saturated heterocycles. The molecule has 1 heterocycles. The van der Waals surface area contributed by atoms with E-state index < -0.39 is 11.7 Å². The van der Waals surface area contributed by atoms with Gasteiger partial charge in [0.1, 0.15) is 5.54 Å². The molecule has 0 amide bonds. The van der Waals surface area contributed by atoms with Crippen molar-refractivity contribution in [2.45, 2.75) is 31.0 Å². The SMILES string of the molecule is FC(F)(F)C1(NCCc2cccs2)CC1. The van der Waals surface area contributed by atoms with Crippen LogP contribution in [0.2, 0.25) is 0 Å². The Bertz CT molecular complexity index is 314. The van der Waals surface area contributed by atoms with Gasteiger partial charge in [0.2, 0.25) is 0 Å². The number of halogens is 3. The van der Waals surface area contributed by atoms with Gasteiger partial charge < -0.3 is 5.32 Å². The third-order valence-corrected chi connectivity index (χ3v) is 3.64. The normalized spacial score (nSPS) is 19.1. The molecule has 0 unspecified atom stereocenters. The maximum Gasteiger partial charge on any atom is 0.406 e. The second-order valence-corrected chi connectivity index (χ2v) is 4.87. The van der Waals surface area contributed by atoms with E-state index in [4.69, 9.17) is 0 Å². The molecule has 1 saturated carbocycles. The Morgan fingerprint density at radius 2 is 2.13 bits per heavy atom. The van der Waals surface area contributed by atoms with Crippen LogP contribution >= 0.6 is 11.3 Å². The van der Waals surface area contributed by atoms with Crippen LogP contribution in [0.25, 0.3) is 0 Å². The van der Waals surface area contributed by atoms with Crippen molar-refractivity contribution in [3.8, 4) is 0 Å². The number of alkyl halides is 3. The Kier molecular flexibility index (Phi) is 2.77. The van der Waals surface area contributed by atoms with Gasteiger partial charge >= 0.3 is 6.18 Å². The fraction of sp³-hybridized carbons (Fsp3) is 0.600. The summed E-state index contributed by atoms with van der Waals surface area (Å²) >= 11 is 1.58. The van der Waals surface area contributed by atoms with E-state index in [9.17, 15) is 13.2 Å². The number of rotatable bonds is 4. The minimum atomic E-state index is -4.09. The number of nitrogens with one attached hydrogen (secondary N) is 1. The molecule has 15 heavy (non-hydrogen) atoms. The summed E-state index contributed by atoms with van der Waals surface area (Å²) in [7, 11) is 0. The number of hydrogen-bond donors (Lipinski definition) is 1. The van der Waals surface area contributed by atoms with E-state index in [-0.39, 0.29) is 12.8 Å². The minimum absolute atomic E-state index is 0.223. The Labute approximate surface area is 90.3 Å². The van der Waals surface area contributed by atoms with Crippen LogP contribution in [-0.2, 0) is 6.42 Å². The standard InChI is InChI=1S/C10H12F3NS/c11-10(12,13)9(4-5-9)14-6-3-8-2-1-7-15-8/h1-2,7,14H,3-6H2. The van der Waals surface area contributed by atoms with Gasteiger partial charge in [0.25, 0.3) is 0 Å². The lowest BCUT2D eigenvalue weighted by molar-refractivity contribution is -0.165. The lowest BCUT2D eigenvalue weighted by atomic mass is 10.2. The maximum atomic E-state index is 12.5. The zero-order valence-corrected chi connectivity index (χ0v) is 8.92. The van der Waals surface area contributed by atoms with Gasteiger partial charge in [-0.05, 0) is 30.7 Å². The molecule has 1 aromatic rings. The van der Waals surface area contributed by atoms with Crippen molar-refractivity contribution in [2.24, 2.45) is 0 Å². The molecule has 0 bridgehead atoms. The van der Waals surface area contributed by atoms with E-state index in [1.807, 2.05) is 17.5 Å². The first kappa shape index (κ1) is 11.0. The summed E-state index contributed by atoms with van der Waals surface area (Å²) in [5.74, 6) is 0. The molecular weight excluding hydrogens is 223 g/mol. The average molecular weight is 235 g/mol. The summed E-state index contributed by atoms with van der Waals surface area (Å²) < 4.78 is 37.5. The van der Waals surface area contributed by atoms with Crippen LogP contribution in [-0.4, -0.2) is 18.3 Å². The first-order valence-corrected chi connectivity index (χ1v) is 5.76. The van der Waals surface area contributed by atoms with Crippen LogP contribution in [0.15, 0.2) is 17.5 Å². The van der Waals surface area contributed by atoms with Crippen molar-refractivity contribution in [3.63, 3.8) is 0 Å². The van der Waals surface area contributed by atoms with Crippen molar-refractivity contribution < 1.29 is 13.2 Å². The van der Waals surface area contributed by atoms with Crippen LogP contribution in [0.5, 0.6) is 0 Å². The molecule has 1 fully saturated rings. The van der Waals surface area contributed by atoms with Crippen LogP contribution in [0.1, 0.15) is 17.7 Å². The van der Waals surface area contributed by atoms with Gasteiger partial charge in [-0.1, -0.05) is 6.07 Å². The molecule has 1 N–H and O–H groups in total. The van der Waals surface area contributed by atoms with Crippen molar-refractivity contribution >= 4 is 11.3 Å². The summed E-state index contributed by atoms with van der Waals surface area (Å²) in [6.45, 7) is 0.403. The summed E-state index contributed by atoms with van der Waals surface area (Å²) in [6, 6.07) is 3.86.